The predicted molar refractivity (Wildman–Crippen MR) is 72.9 cm³/mol. The Bertz CT molecular complexity index is 551. The zero-order valence-corrected chi connectivity index (χ0v) is 11.4. The maximum atomic E-state index is 11.7. The average Bonchev–Trinajstić information content (AvgIpc) is 2.45. The van der Waals surface area contributed by atoms with Crippen molar-refractivity contribution in [1.82, 2.24) is 10.6 Å². The maximum absolute atomic E-state index is 11.7. The molecule has 0 heterocycles. The van der Waals surface area contributed by atoms with E-state index in [-0.39, 0.29) is 13.0 Å². The highest BCUT2D eigenvalue weighted by Crippen LogP contribution is 2.09. The minimum atomic E-state index is -1.29. The Balaban J connectivity index is 2.59. The topological polar surface area (TPSA) is 102 Å². The molecule has 1 unspecified atom stereocenters. The van der Waals surface area contributed by atoms with Gasteiger partial charge in [0.25, 0.3) is 0 Å². The molecule has 106 valence electrons. The number of nitrogens with zero attached hydrogens (tertiary/aromatic N) is 1. The van der Waals surface area contributed by atoms with Gasteiger partial charge in [0.1, 0.15) is 5.54 Å². The molecule has 0 saturated carbocycles. The first-order valence-corrected chi connectivity index (χ1v) is 6.19. The summed E-state index contributed by atoms with van der Waals surface area (Å²) in [4.78, 5) is 22.8. The molecular formula is C14H17N3O3. The third-order valence-electron chi connectivity index (χ3n) is 3.08. The molecule has 1 aromatic carbocycles. The number of carboxylic acid groups (broad SMARTS) is 1. The van der Waals surface area contributed by atoms with Gasteiger partial charge >= 0.3 is 12.0 Å². The summed E-state index contributed by atoms with van der Waals surface area (Å²) in [5.41, 5.74) is -0.0140. The van der Waals surface area contributed by atoms with Crippen molar-refractivity contribution >= 4 is 12.0 Å². The number of aliphatic carboxylic acids is 1. The van der Waals surface area contributed by atoms with Gasteiger partial charge in [-0.2, -0.15) is 5.26 Å². The van der Waals surface area contributed by atoms with Crippen LogP contribution < -0.4 is 10.6 Å². The van der Waals surface area contributed by atoms with Crippen molar-refractivity contribution in [1.29, 1.82) is 5.26 Å². The first-order chi connectivity index (χ1) is 9.41. The minimum Gasteiger partial charge on any atom is -0.480 e. The molecule has 1 atom stereocenters. The number of benzene rings is 1. The summed E-state index contributed by atoms with van der Waals surface area (Å²) in [5.74, 6) is -1.08. The molecule has 2 amide bonds. The van der Waals surface area contributed by atoms with Crippen LogP contribution in [-0.2, 0) is 11.3 Å². The number of carbonyl (C=O) groups is 2. The van der Waals surface area contributed by atoms with E-state index < -0.39 is 17.5 Å². The third-order valence-corrected chi connectivity index (χ3v) is 3.08. The van der Waals surface area contributed by atoms with Crippen LogP contribution in [0.1, 0.15) is 31.4 Å². The molecule has 0 fully saturated rings. The van der Waals surface area contributed by atoms with Crippen LogP contribution in [0.25, 0.3) is 0 Å². The number of carbonyl (C=O) groups excluding carboxylic acids is 1. The number of hydrogen-bond donors (Lipinski definition) is 3. The molecule has 0 aliphatic heterocycles. The fraction of sp³-hybridized carbons (Fsp3) is 0.357. The molecule has 0 aromatic heterocycles. The molecule has 0 spiro atoms. The number of urea groups is 1. The van der Waals surface area contributed by atoms with Gasteiger partial charge in [-0.25, -0.2) is 9.59 Å². The summed E-state index contributed by atoms with van der Waals surface area (Å²) in [6, 6.07) is 8.29. The fourth-order valence-electron chi connectivity index (χ4n) is 1.52. The standard InChI is InChI=1S/C14H17N3O3/c1-3-14(2,12(18)19)17-13(20)16-9-11-6-4-5-10(7-11)8-15/h4-7H,3,9H2,1-2H3,(H,18,19)(H2,16,17,20). The molecule has 0 saturated heterocycles. The second-order valence-electron chi connectivity index (χ2n) is 4.61. The van der Waals surface area contributed by atoms with Gasteiger partial charge in [-0.15, -0.1) is 0 Å². The number of carboxylic acids is 1. The summed E-state index contributed by atoms with van der Waals surface area (Å²) >= 11 is 0. The Kier molecular flexibility index (Phi) is 5.09. The summed E-state index contributed by atoms with van der Waals surface area (Å²) in [5, 5.41) is 22.8. The number of hydrogen-bond acceptors (Lipinski definition) is 3. The van der Waals surface area contributed by atoms with E-state index in [0.717, 1.165) is 5.56 Å². The largest absolute Gasteiger partial charge is 0.480 e. The zero-order chi connectivity index (χ0) is 15.2. The molecular weight excluding hydrogens is 258 g/mol. The molecule has 3 N–H and O–H groups in total. The Morgan fingerprint density at radius 2 is 2.15 bits per heavy atom. The normalized spacial score (nSPS) is 12.8. The zero-order valence-electron chi connectivity index (χ0n) is 11.4. The van der Waals surface area contributed by atoms with Gasteiger partial charge in [-0.05, 0) is 31.0 Å². The maximum Gasteiger partial charge on any atom is 0.329 e. The van der Waals surface area contributed by atoms with Gasteiger partial charge < -0.3 is 15.7 Å². The van der Waals surface area contributed by atoms with Gasteiger partial charge in [0, 0.05) is 6.54 Å². The second-order valence-corrected chi connectivity index (χ2v) is 4.61. The van der Waals surface area contributed by atoms with Gasteiger partial charge in [-0.1, -0.05) is 19.1 Å². The number of amides is 2. The number of nitriles is 1. The van der Waals surface area contributed by atoms with E-state index in [1.165, 1.54) is 6.92 Å². The van der Waals surface area contributed by atoms with Crippen molar-refractivity contribution in [2.24, 2.45) is 0 Å². The van der Waals surface area contributed by atoms with Crippen molar-refractivity contribution in [2.75, 3.05) is 0 Å². The van der Waals surface area contributed by atoms with Crippen LogP contribution in [0.4, 0.5) is 4.79 Å². The van der Waals surface area contributed by atoms with Crippen molar-refractivity contribution in [3.8, 4) is 6.07 Å². The molecule has 6 heteroatoms. The van der Waals surface area contributed by atoms with E-state index in [0.29, 0.717) is 5.56 Å². The SMILES string of the molecule is CCC(C)(NC(=O)NCc1cccc(C#N)c1)C(=O)O. The predicted octanol–water partition coefficient (Wildman–Crippen LogP) is 1.61. The van der Waals surface area contributed by atoms with Gasteiger partial charge in [-0.3, -0.25) is 0 Å². The summed E-state index contributed by atoms with van der Waals surface area (Å²) in [7, 11) is 0. The fourth-order valence-corrected chi connectivity index (χ4v) is 1.52. The first kappa shape index (κ1) is 15.5. The van der Waals surface area contributed by atoms with Crippen LogP contribution in [0, 0.1) is 11.3 Å². The summed E-state index contributed by atoms with van der Waals surface area (Å²) < 4.78 is 0. The monoisotopic (exact) mass is 275 g/mol. The van der Waals surface area contributed by atoms with Crippen molar-refractivity contribution in [3.05, 3.63) is 35.4 Å². The van der Waals surface area contributed by atoms with Crippen LogP contribution in [0.15, 0.2) is 24.3 Å². The smallest absolute Gasteiger partial charge is 0.329 e. The van der Waals surface area contributed by atoms with E-state index >= 15 is 0 Å². The number of rotatable bonds is 5. The second kappa shape index (κ2) is 6.57. The van der Waals surface area contributed by atoms with E-state index in [4.69, 9.17) is 10.4 Å². The Morgan fingerprint density at radius 1 is 1.45 bits per heavy atom. The quantitative estimate of drug-likeness (QED) is 0.759. The molecule has 0 aliphatic carbocycles. The Hall–Kier alpha value is -2.55. The lowest BCUT2D eigenvalue weighted by atomic mass is 10.00. The molecule has 1 rings (SSSR count). The lowest BCUT2D eigenvalue weighted by molar-refractivity contribution is -0.143. The van der Waals surface area contributed by atoms with Crippen molar-refractivity contribution in [3.63, 3.8) is 0 Å². The Morgan fingerprint density at radius 3 is 2.70 bits per heavy atom. The van der Waals surface area contributed by atoms with E-state index in [1.807, 2.05) is 6.07 Å². The molecule has 20 heavy (non-hydrogen) atoms. The molecule has 0 bridgehead atoms. The highest BCUT2D eigenvalue weighted by molar-refractivity contribution is 5.85. The molecule has 0 radical (unpaired) electrons. The van der Waals surface area contributed by atoms with Crippen molar-refractivity contribution in [2.45, 2.75) is 32.4 Å². The van der Waals surface area contributed by atoms with Crippen LogP contribution in [0.3, 0.4) is 0 Å². The van der Waals surface area contributed by atoms with E-state index in [1.54, 1.807) is 31.2 Å². The van der Waals surface area contributed by atoms with Gasteiger partial charge in [0.15, 0.2) is 0 Å². The summed E-state index contributed by atoms with van der Waals surface area (Å²) in [6.45, 7) is 3.36. The van der Waals surface area contributed by atoms with Gasteiger partial charge in [0.05, 0.1) is 11.6 Å². The first-order valence-electron chi connectivity index (χ1n) is 6.19. The van der Waals surface area contributed by atoms with E-state index in [2.05, 4.69) is 10.6 Å². The third kappa shape index (κ3) is 3.99. The lowest BCUT2D eigenvalue weighted by Crippen LogP contribution is -2.54. The average molecular weight is 275 g/mol. The van der Waals surface area contributed by atoms with Crippen molar-refractivity contribution < 1.29 is 14.7 Å². The van der Waals surface area contributed by atoms with Crippen LogP contribution >= 0.6 is 0 Å². The van der Waals surface area contributed by atoms with Crippen LogP contribution in [0.2, 0.25) is 0 Å². The highest BCUT2D eigenvalue weighted by atomic mass is 16.4. The van der Waals surface area contributed by atoms with Crippen LogP contribution in [0.5, 0.6) is 0 Å². The van der Waals surface area contributed by atoms with Crippen LogP contribution in [-0.4, -0.2) is 22.6 Å². The van der Waals surface area contributed by atoms with Gasteiger partial charge in [0.2, 0.25) is 0 Å². The molecule has 0 aliphatic rings. The minimum absolute atomic E-state index is 0.223. The molecule has 1 aromatic rings. The lowest BCUT2D eigenvalue weighted by Gasteiger charge is -2.24. The number of nitrogens with one attached hydrogen (secondary N) is 2. The summed E-state index contributed by atoms with van der Waals surface area (Å²) in [6.07, 6.45) is 0.277. The molecule has 6 nitrogen and oxygen atoms in total. The Labute approximate surface area is 117 Å². The van der Waals surface area contributed by atoms with E-state index in [9.17, 15) is 9.59 Å². The highest BCUT2D eigenvalue weighted by Gasteiger charge is 2.32.